The number of nitrogens with zero attached hydrogens (tertiary/aromatic N) is 3. The molecule has 152 valence electrons. The first-order valence-electron chi connectivity index (χ1n) is 10.6. The van der Waals surface area contributed by atoms with Crippen LogP contribution < -0.4 is 0 Å². The normalized spacial score (nSPS) is 12.7. The second-order valence-electron chi connectivity index (χ2n) is 7.82. The molecule has 0 N–H and O–H groups in total. The Labute approximate surface area is 160 Å². The van der Waals surface area contributed by atoms with E-state index in [1.165, 1.54) is 78.0 Å². The van der Waals surface area contributed by atoms with Crippen LogP contribution >= 0.6 is 0 Å². The molecule has 5 heteroatoms. The molecular weight excluding hydrogens is 326 g/mol. The van der Waals surface area contributed by atoms with Gasteiger partial charge in [0.15, 0.2) is 8.32 Å². The van der Waals surface area contributed by atoms with Gasteiger partial charge in [-0.05, 0) is 91.1 Å². The third-order valence-electron chi connectivity index (χ3n) is 5.03. The molecule has 0 bridgehead atoms. The molecule has 0 fully saturated rings. The van der Waals surface area contributed by atoms with Gasteiger partial charge in [0.05, 0.1) is 0 Å². The molecule has 25 heavy (non-hydrogen) atoms. The van der Waals surface area contributed by atoms with Gasteiger partial charge in [-0.25, -0.2) is 0 Å². The summed E-state index contributed by atoms with van der Waals surface area (Å²) in [6, 6.07) is 0. The van der Waals surface area contributed by atoms with Crippen LogP contribution in [0.3, 0.4) is 0 Å². The van der Waals surface area contributed by atoms with Crippen molar-refractivity contribution in [2.24, 2.45) is 0 Å². The minimum atomic E-state index is -1.54. The molecule has 0 radical (unpaired) electrons. The van der Waals surface area contributed by atoms with E-state index < -0.39 is 8.32 Å². The number of hydrogen-bond acceptors (Lipinski definition) is 4. The summed E-state index contributed by atoms with van der Waals surface area (Å²) in [5.74, 6) is 0. The fraction of sp³-hybridized carbons (Fsp3) is 1.00. The lowest BCUT2D eigenvalue weighted by molar-refractivity contribution is 0.221. The highest BCUT2D eigenvalue weighted by Crippen LogP contribution is 2.08. The van der Waals surface area contributed by atoms with E-state index in [1.807, 2.05) is 7.11 Å². The van der Waals surface area contributed by atoms with Crippen LogP contribution in [0.5, 0.6) is 0 Å². The second kappa shape index (κ2) is 15.1. The molecule has 0 aliphatic rings. The Hall–Kier alpha value is 0.0569. The van der Waals surface area contributed by atoms with Gasteiger partial charge in [-0.3, -0.25) is 0 Å². The quantitative estimate of drug-likeness (QED) is 0.360. The molecule has 0 aliphatic carbocycles. The van der Waals surface area contributed by atoms with Crippen molar-refractivity contribution in [2.75, 3.05) is 65.6 Å². The Morgan fingerprint density at radius 2 is 1.04 bits per heavy atom. The zero-order chi connectivity index (χ0) is 19.1. The molecule has 0 heterocycles. The molecule has 0 saturated carbocycles. The van der Waals surface area contributed by atoms with E-state index in [0.717, 1.165) is 6.17 Å². The van der Waals surface area contributed by atoms with Crippen molar-refractivity contribution in [1.82, 2.24) is 14.7 Å². The molecule has 0 saturated heterocycles. The molecule has 4 nitrogen and oxygen atoms in total. The highest BCUT2D eigenvalue weighted by molar-refractivity contribution is 6.71. The Balaban J connectivity index is 4.40. The van der Waals surface area contributed by atoms with Crippen molar-refractivity contribution >= 4 is 8.32 Å². The van der Waals surface area contributed by atoms with E-state index in [-0.39, 0.29) is 0 Å². The maximum Gasteiger partial charge on any atom is 0.199 e. The lowest BCUT2D eigenvalue weighted by Crippen LogP contribution is -2.46. The molecule has 0 aromatic carbocycles. The first kappa shape index (κ1) is 25.1. The monoisotopic (exact) mass is 373 g/mol. The van der Waals surface area contributed by atoms with E-state index in [0.29, 0.717) is 0 Å². The summed E-state index contributed by atoms with van der Waals surface area (Å²) in [5.41, 5.74) is 0. The average Bonchev–Trinajstić information content (AvgIpc) is 2.59. The molecule has 0 aliphatic heterocycles. The van der Waals surface area contributed by atoms with Gasteiger partial charge in [-0.15, -0.1) is 0 Å². The van der Waals surface area contributed by atoms with Gasteiger partial charge < -0.3 is 19.1 Å². The van der Waals surface area contributed by atoms with E-state index in [1.54, 1.807) is 0 Å². The Morgan fingerprint density at radius 3 is 1.36 bits per heavy atom. The van der Waals surface area contributed by atoms with Crippen LogP contribution in [0.15, 0.2) is 0 Å². The molecule has 0 atom stereocenters. The summed E-state index contributed by atoms with van der Waals surface area (Å²) in [5, 5.41) is 0. The van der Waals surface area contributed by atoms with Crippen LogP contribution in [0, 0.1) is 0 Å². The van der Waals surface area contributed by atoms with Gasteiger partial charge in [0, 0.05) is 13.3 Å². The molecule has 0 amide bonds. The zero-order valence-electron chi connectivity index (χ0n) is 18.4. The smallest absolute Gasteiger partial charge is 0.199 e. The predicted octanol–water partition coefficient (Wildman–Crippen LogP) is 3.92. The highest BCUT2D eigenvalue weighted by atomic mass is 28.4. The number of hydrogen-bond donors (Lipinski definition) is 0. The molecule has 0 aromatic rings. The molecular formula is C20H47N3OSi. The van der Waals surface area contributed by atoms with Crippen molar-refractivity contribution in [3.63, 3.8) is 0 Å². The van der Waals surface area contributed by atoms with Gasteiger partial charge in [-0.1, -0.05) is 27.7 Å². The Morgan fingerprint density at radius 1 is 0.640 bits per heavy atom. The van der Waals surface area contributed by atoms with Crippen LogP contribution in [-0.4, -0.2) is 88.7 Å². The van der Waals surface area contributed by atoms with Crippen molar-refractivity contribution in [1.29, 1.82) is 0 Å². The van der Waals surface area contributed by atoms with E-state index >= 15 is 0 Å². The molecule has 0 aromatic heterocycles. The van der Waals surface area contributed by atoms with Gasteiger partial charge in [0.2, 0.25) is 0 Å². The maximum atomic E-state index is 5.82. The lowest BCUT2D eigenvalue weighted by atomic mass is 10.3. The summed E-state index contributed by atoms with van der Waals surface area (Å²) in [7, 11) is 0.350. The van der Waals surface area contributed by atoms with Crippen LogP contribution in [0.4, 0.5) is 0 Å². The van der Waals surface area contributed by atoms with E-state index in [9.17, 15) is 0 Å². The van der Waals surface area contributed by atoms with Crippen LogP contribution in [-0.2, 0) is 4.43 Å². The Bertz CT molecular complexity index is 283. The molecule has 0 rings (SSSR count). The topological polar surface area (TPSA) is 19.0 Å². The third-order valence-corrected chi connectivity index (χ3v) is 7.34. The van der Waals surface area contributed by atoms with Gasteiger partial charge in [0.25, 0.3) is 0 Å². The summed E-state index contributed by atoms with van der Waals surface area (Å²) in [6.45, 7) is 23.5. The zero-order valence-corrected chi connectivity index (χ0v) is 19.4. The van der Waals surface area contributed by atoms with E-state index in [2.05, 4.69) is 55.5 Å². The summed E-state index contributed by atoms with van der Waals surface area (Å²) < 4.78 is 5.82. The lowest BCUT2D eigenvalue weighted by Gasteiger charge is -2.31. The standard InChI is InChI=1S/C20H47N3OSi/c1-8-14-21(10-3)16-12-18-23(20-25(6,7)24-5)19-13-17-22(11-4)15-9-2/h8-20H2,1-7H3. The largest absolute Gasteiger partial charge is 0.419 e. The van der Waals surface area contributed by atoms with Crippen molar-refractivity contribution < 1.29 is 4.43 Å². The van der Waals surface area contributed by atoms with E-state index in [4.69, 9.17) is 4.43 Å². The molecule has 0 unspecified atom stereocenters. The average molecular weight is 374 g/mol. The van der Waals surface area contributed by atoms with Gasteiger partial charge >= 0.3 is 0 Å². The predicted molar refractivity (Wildman–Crippen MR) is 115 cm³/mol. The number of rotatable bonds is 17. The van der Waals surface area contributed by atoms with Gasteiger partial charge in [0.1, 0.15) is 0 Å². The molecule has 0 spiro atoms. The van der Waals surface area contributed by atoms with Crippen molar-refractivity contribution in [3.05, 3.63) is 0 Å². The van der Waals surface area contributed by atoms with Gasteiger partial charge in [-0.2, -0.15) is 0 Å². The fourth-order valence-corrected chi connectivity index (χ4v) is 4.92. The first-order valence-corrected chi connectivity index (χ1v) is 13.8. The third kappa shape index (κ3) is 13.0. The van der Waals surface area contributed by atoms with Crippen LogP contribution in [0.2, 0.25) is 13.1 Å². The van der Waals surface area contributed by atoms with Crippen molar-refractivity contribution in [3.8, 4) is 0 Å². The summed E-state index contributed by atoms with van der Waals surface area (Å²) in [6.07, 6.45) is 6.21. The van der Waals surface area contributed by atoms with Crippen LogP contribution in [0.1, 0.15) is 53.4 Å². The second-order valence-corrected chi connectivity index (χ2v) is 12.1. The SMILES string of the molecule is CCCN(CC)CCCN(CCCN(CC)CCC)C[Si](C)(C)OC. The summed E-state index contributed by atoms with van der Waals surface area (Å²) in [4.78, 5) is 7.84. The first-order chi connectivity index (χ1) is 11.9. The fourth-order valence-electron chi connectivity index (χ4n) is 3.40. The maximum absolute atomic E-state index is 5.82. The minimum absolute atomic E-state index is 1.16. The Kier molecular flexibility index (Phi) is 15.2. The van der Waals surface area contributed by atoms with Crippen LogP contribution in [0.25, 0.3) is 0 Å². The highest BCUT2D eigenvalue weighted by Gasteiger charge is 2.24. The minimum Gasteiger partial charge on any atom is -0.419 e. The van der Waals surface area contributed by atoms with Crippen molar-refractivity contribution in [2.45, 2.75) is 66.5 Å². The summed E-state index contributed by atoms with van der Waals surface area (Å²) >= 11 is 0.